The van der Waals surface area contributed by atoms with Crippen molar-refractivity contribution in [2.24, 2.45) is 5.92 Å². The summed E-state index contributed by atoms with van der Waals surface area (Å²) in [6, 6.07) is 29.2. The lowest BCUT2D eigenvalue weighted by atomic mass is 9.77. The standard InChI is InChI=1S/C29H32N3O3/c1-22(2)20-26(28(35)30-18-19-33)32-27(34)21-31-29(23-12-6-3-7-13-23,24-14-8-4-9-15-24)25-16-10-5-11-17-25/h3-17,22,26,31H,18,20-21H2,1-2H3,(H,30,35)(H,32,34)/t26-/m0/s1. The van der Waals surface area contributed by atoms with Crippen molar-refractivity contribution < 1.29 is 14.4 Å². The highest BCUT2D eigenvalue weighted by molar-refractivity contribution is 5.89. The Morgan fingerprint density at radius 2 is 1.26 bits per heavy atom. The van der Waals surface area contributed by atoms with Crippen molar-refractivity contribution in [3.05, 3.63) is 108 Å². The summed E-state index contributed by atoms with van der Waals surface area (Å²) in [7, 11) is 0. The van der Waals surface area contributed by atoms with Crippen LogP contribution in [0, 0.1) is 5.92 Å². The second-order valence-electron chi connectivity index (χ2n) is 8.81. The molecule has 3 aromatic carbocycles. The van der Waals surface area contributed by atoms with E-state index in [1.807, 2.05) is 105 Å². The van der Waals surface area contributed by atoms with E-state index in [2.05, 4.69) is 16.0 Å². The zero-order valence-corrected chi connectivity index (χ0v) is 20.2. The summed E-state index contributed by atoms with van der Waals surface area (Å²) in [5.74, 6) is -0.528. The molecule has 6 nitrogen and oxygen atoms in total. The Bertz CT molecular complexity index is 989. The molecule has 0 unspecified atom stereocenters. The average Bonchev–Trinajstić information content (AvgIpc) is 2.89. The van der Waals surface area contributed by atoms with Gasteiger partial charge < -0.3 is 10.6 Å². The zero-order chi connectivity index (χ0) is 25.1. The maximum atomic E-state index is 13.1. The number of hydrogen-bond donors (Lipinski definition) is 3. The lowest BCUT2D eigenvalue weighted by Gasteiger charge is -2.37. The molecule has 0 aromatic heterocycles. The van der Waals surface area contributed by atoms with Crippen molar-refractivity contribution in [1.82, 2.24) is 16.0 Å². The first-order chi connectivity index (χ1) is 17.0. The maximum absolute atomic E-state index is 13.1. The summed E-state index contributed by atoms with van der Waals surface area (Å²) in [6.07, 6.45) is 2.11. The molecule has 3 N–H and O–H groups in total. The lowest BCUT2D eigenvalue weighted by Crippen LogP contribution is -2.53. The van der Waals surface area contributed by atoms with Crippen LogP contribution >= 0.6 is 0 Å². The van der Waals surface area contributed by atoms with Gasteiger partial charge in [0.15, 0.2) is 0 Å². The first kappa shape index (κ1) is 25.8. The number of hydrogen-bond acceptors (Lipinski definition) is 4. The van der Waals surface area contributed by atoms with Crippen LogP contribution in [0.4, 0.5) is 0 Å². The molecule has 0 aliphatic carbocycles. The molecule has 35 heavy (non-hydrogen) atoms. The van der Waals surface area contributed by atoms with Crippen molar-refractivity contribution in [2.75, 3.05) is 13.1 Å². The van der Waals surface area contributed by atoms with Gasteiger partial charge in [-0.15, -0.1) is 0 Å². The minimum absolute atomic E-state index is 0.0274. The van der Waals surface area contributed by atoms with E-state index in [1.165, 1.54) is 0 Å². The fourth-order valence-corrected chi connectivity index (χ4v) is 4.28. The third-order valence-corrected chi connectivity index (χ3v) is 5.83. The van der Waals surface area contributed by atoms with Crippen LogP contribution in [0.15, 0.2) is 91.0 Å². The van der Waals surface area contributed by atoms with E-state index in [0.29, 0.717) is 6.42 Å². The Labute approximate surface area is 207 Å². The van der Waals surface area contributed by atoms with Crippen molar-refractivity contribution in [3.63, 3.8) is 0 Å². The molecule has 6 heteroatoms. The second kappa shape index (κ2) is 12.6. The molecule has 0 fully saturated rings. The molecule has 0 heterocycles. The number of nitrogens with one attached hydrogen (secondary N) is 3. The van der Waals surface area contributed by atoms with Gasteiger partial charge in [0.1, 0.15) is 6.04 Å². The fraction of sp³-hybridized carbons (Fsp3) is 0.276. The Morgan fingerprint density at radius 3 is 1.66 bits per heavy atom. The summed E-state index contributed by atoms with van der Waals surface area (Å²) >= 11 is 0. The molecule has 1 radical (unpaired) electrons. The van der Waals surface area contributed by atoms with Crippen LogP contribution in [0.3, 0.4) is 0 Å². The third kappa shape index (κ3) is 6.64. The monoisotopic (exact) mass is 470 g/mol. The summed E-state index contributed by atoms with van der Waals surface area (Å²) in [5.41, 5.74) is 2.18. The van der Waals surface area contributed by atoms with Crippen LogP contribution in [0.1, 0.15) is 37.0 Å². The second-order valence-corrected chi connectivity index (χ2v) is 8.81. The van der Waals surface area contributed by atoms with Gasteiger partial charge in [-0.1, -0.05) is 105 Å². The van der Waals surface area contributed by atoms with Gasteiger partial charge in [0.05, 0.1) is 18.6 Å². The fourth-order valence-electron chi connectivity index (χ4n) is 4.28. The van der Waals surface area contributed by atoms with E-state index < -0.39 is 17.5 Å². The molecular weight excluding hydrogens is 438 g/mol. The van der Waals surface area contributed by atoms with E-state index in [-0.39, 0.29) is 24.9 Å². The highest BCUT2D eigenvalue weighted by Crippen LogP contribution is 2.36. The smallest absolute Gasteiger partial charge is 0.242 e. The molecule has 181 valence electrons. The first-order valence-electron chi connectivity index (χ1n) is 11.8. The van der Waals surface area contributed by atoms with Gasteiger partial charge in [-0.2, -0.15) is 0 Å². The third-order valence-electron chi connectivity index (χ3n) is 5.83. The molecule has 0 aliphatic rings. The Kier molecular flexibility index (Phi) is 9.32. The van der Waals surface area contributed by atoms with Crippen LogP contribution in [-0.4, -0.2) is 37.2 Å². The molecule has 1 atom stereocenters. The van der Waals surface area contributed by atoms with E-state index in [9.17, 15) is 14.4 Å². The van der Waals surface area contributed by atoms with E-state index in [4.69, 9.17) is 0 Å². The molecule has 0 aliphatic heterocycles. The van der Waals surface area contributed by atoms with Crippen LogP contribution in [-0.2, 0) is 19.9 Å². The number of amides is 2. The van der Waals surface area contributed by atoms with E-state index >= 15 is 0 Å². The average molecular weight is 471 g/mol. The van der Waals surface area contributed by atoms with Gasteiger partial charge in [-0.3, -0.25) is 19.7 Å². The number of carbonyl (C=O) groups excluding carboxylic acids is 3. The van der Waals surface area contributed by atoms with Gasteiger partial charge in [0.2, 0.25) is 18.1 Å². The largest absolute Gasteiger partial charge is 0.347 e. The van der Waals surface area contributed by atoms with Gasteiger partial charge in [-0.25, -0.2) is 0 Å². The van der Waals surface area contributed by atoms with Crippen molar-refractivity contribution in [2.45, 2.75) is 31.8 Å². The van der Waals surface area contributed by atoms with Gasteiger partial charge in [0.25, 0.3) is 0 Å². The van der Waals surface area contributed by atoms with Gasteiger partial charge >= 0.3 is 0 Å². The van der Waals surface area contributed by atoms with Crippen molar-refractivity contribution in [3.8, 4) is 0 Å². The topological polar surface area (TPSA) is 87.3 Å². The molecule has 3 aromatic rings. The zero-order valence-electron chi connectivity index (χ0n) is 20.2. The predicted molar refractivity (Wildman–Crippen MR) is 137 cm³/mol. The molecule has 3 rings (SSSR count). The molecule has 0 bridgehead atoms. The Hall–Kier alpha value is -3.77. The summed E-state index contributed by atoms with van der Waals surface area (Å²) in [5, 5.41) is 8.85. The summed E-state index contributed by atoms with van der Waals surface area (Å²) < 4.78 is 0. The lowest BCUT2D eigenvalue weighted by molar-refractivity contribution is -0.128. The molecule has 2 amide bonds. The Balaban J connectivity index is 1.93. The quantitative estimate of drug-likeness (QED) is 0.355. The number of carbonyl (C=O) groups is 2. The van der Waals surface area contributed by atoms with Crippen LogP contribution in [0.5, 0.6) is 0 Å². The molecule has 0 spiro atoms. The summed E-state index contributed by atoms with van der Waals surface area (Å²) in [6.45, 7) is 3.71. The van der Waals surface area contributed by atoms with Crippen LogP contribution in [0.25, 0.3) is 0 Å². The maximum Gasteiger partial charge on any atom is 0.242 e. The molecular formula is C29H32N3O3. The van der Waals surface area contributed by atoms with Crippen molar-refractivity contribution in [1.29, 1.82) is 0 Å². The Morgan fingerprint density at radius 1 is 0.800 bits per heavy atom. The minimum atomic E-state index is -0.788. The first-order valence-corrected chi connectivity index (χ1v) is 11.8. The highest BCUT2D eigenvalue weighted by atomic mass is 16.2. The van der Waals surface area contributed by atoms with Crippen LogP contribution < -0.4 is 16.0 Å². The highest BCUT2D eigenvalue weighted by Gasteiger charge is 2.36. The minimum Gasteiger partial charge on any atom is -0.347 e. The SMILES string of the molecule is CC(C)C[C@H](NC(=O)CNC(c1ccccc1)(c1ccccc1)c1ccccc1)C(=O)NC[C]=O. The van der Waals surface area contributed by atoms with E-state index in [0.717, 1.165) is 16.7 Å². The van der Waals surface area contributed by atoms with E-state index in [1.54, 1.807) is 6.29 Å². The molecule has 0 saturated carbocycles. The normalized spacial score (nSPS) is 12.1. The number of benzene rings is 3. The summed E-state index contributed by atoms with van der Waals surface area (Å²) in [4.78, 5) is 36.2. The number of rotatable bonds is 12. The van der Waals surface area contributed by atoms with Crippen LogP contribution in [0.2, 0.25) is 0 Å². The van der Waals surface area contributed by atoms with Gasteiger partial charge in [0, 0.05) is 0 Å². The van der Waals surface area contributed by atoms with Gasteiger partial charge in [-0.05, 0) is 29.0 Å². The molecule has 0 saturated heterocycles. The predicted octanol–water partition coefficient (Wildman–Crippen LogP) is 3.32. The van der Waals surface area contributed by atoms with Crippen molar-refractivity contribution >= 4 is 18.1 Å².